The fourth-order valence-corrected chi connectivity index (χ4v) is 2.48. The molecule has 0 radical (unpaired) electrons. The molecule has 0 aliphatic carbocycles. The summed E-state index contributed by atoms with van der Waals surface area (Å²) in [5.74, 6) is -0.918. The standard InChI is InChI=1S/C10H11N3O5S/c1-5(14)11-6-2-3-13(10(17)12-6)7-4-19-9(18-7)8(15)16/h2-3,7,9H,4H2,1H3,(H,15,16)(H,11,12,14,17)/t7-,9+/m0/s1. The van der Waals surface area contributed by atoms with E-state index in [-0.39, 0.29) is 11.7 Å². The number of carboxylic acid groups (broad SMARTS) is 1. The first-order valence-corrected chi connectivity index (χ1v) is 6.39. The minimum absolute atomic E-state index is 0.147. The molecule has 1 aliphatic rings. The van der Waals surface area contributed by atoms with E-state index in [1.165, 1.54) is 23.8 Å². The molecule has 8 nitrogen and oxygen atoms in total. The molecule has 0 unspecified atom stereocenters. The predicted octanol–water partition coefficient (Wildman–Crippen LogP) is -0.126. The van der Waals surface area contributed by atoms with Crippen molar-refractivity contribution >= 4 is 29.5 Å². The lowest BCUT2D eigenvalue weighted by atomic mass is 10.5. The van der Waals surface area contributed by atoms with Crippen LogP contribution in [0.2, 0.25) is 0 Å². The molecule has 1 fully saturated rings. The van der Waals surface area contributed by atoms with Crippen molar-refractivity contribution in [2.24, 2.45) is 0 Å². The number of anilines is 1. The summed E-state index contributed by atoms with van der Waals surface area (Å²) in [5.41, 5.74) is -1.59. The number of thioether (sulfide) groups is 1. The van der Waals surface area contributed by atoms with Gasteiger partial charge in [-0.2, -0.15) is 4.98 Å². The van der Waals surface area contributed by atoms with Crippen LogP contribution in [0.3, 0.4) is 0 Å². The second kappa shape index (κ2) is 5.41. The fourth-order valence-electron chi connectivity index (χ4n) is 1.55. The van der Waals surface area contributed by atoms with Gasteiger partial charge in [0, 0.05) is 18.9 Å². The minimum Gasteiger partial charge on any atom is -0.479 e. The zero-order valence-corrected chi connectivity index (χ0v) is 10.7. The minimum atomic E-state index is -1.08. The third-order valence-corrected chi connectivity index (χ3v) is 3.41. The Morgan fingerprint density at radius 1 is 1.63 bits per heavy atom. The smallest absolute Gasteiger partial charge is 0.351 e. The van der Waals surface area contributed by atoms with E-state index in [1.54, 1.807) is 0 Å². The summed E-state index contributed by atoms with van der Waals surface area (Å²) in [6, 6.07) is 1.45. The highest BCUT2D eigenvalue weighted by atomic mass is 32.2. The summed E-state index contributed by atoms with van der Waals surface area (Å²) >= 11 is 1.10. The van der Waals surface area contributed by atoms with Crippen LogP contribution >= 0.6 is 11.8 Å². The molecule has 1 aromatic rings. The molecule has 102 valence electrons. The highest BCUT2D eigenvalue weighted by molar-refractivity contribution is 8.00. The van der Waals surface area contributed by atoms with Crippen LogP contribution in [0.5, 0.6) is 0 Å². The zero-order chi connectivity index (χ0) is 14.0. The number of carboxylic acids is 1. The summed E-state index contributed by atoms with van der Waals surface area (Å²) in [6.45, 7) is 1.31. The predicted molar refractivity (Wildman–Crippen MR) is 66.8 cm³/mol. The van der Waals surface area contributed by atoms with E-state index in [1.807, 2.05) is 0 Å². The average Bonchev–Trinajstić information content (AvgIpc) is 2.77. The van der Waals surface area contributed by atoms with Crippen LogP contribution in [-0.2, 0) is 14.3 Å². The highest BCUT2D eigenvalue weighted by Crippen LogP contribution is 2.30. The van der Waals surface area contributed by atoms with Gasteiger partial charge in [-0.05, 0) is 6.07 Å². The second-order valence-corrected chi connectivity index (χ2v) is 4.87. The lowest BCUT2D eigenvalue weighted by Gasteiger charge is -2.13. The summed E-state index contributed by atoms with van der Waals surface area (Å²) in [4.78, 5) is 37.0. The SMILES string of the molecule is CC(=O)Nc1ccn([C@@H]2CS[C@H](C(=O)O)O2)c(=O)n1. The van der Waals surface area contributed by atoms with Gasteiger partial charge >= 0.3 is 11.7 Å². The first-order chi connectivity index (χ1) is 8.97. The maximum atomic E-state index is 11.7. The quantitative estimate of drug-likeness (QED) is 0.796. The summed E-state index contributed by atoms with van der Waals surface area (Å²) in [7, 11) is 0. The number of aromatic nitrogens is 2. The molecule has 1 aliphatic heterocycles. The van der Waals surface area contributed by atoms with E-state index in [9.17, 15) is 14.4 Å². The van der Waals surface area contributed by atoms with E-state index >= 15 is 0 Å². The third-order valence-electron chi connectivity index (χ3n) is 2.32. The van der Waals surface area contributed by atoms with E-state index in [0.717, 1.165) is 11.8 Å². The third kappa shape index (κ3) is 3.12. The number of rotatable bonds is 3. The van der Waals surface area contributed by atoms with Crippen molar-refractivity contribution in [3.63, 3.8) is 0 Å². The Kier molecular flexibility index (Phi) is 3.86. The van der Waals surface area contributed by atoms with Crippen molar-refractivity contribution in [1.29, 1.82) is 0 Å². The fraction of sp³-hybridized carbons (Fsp3) is 0.400. The number of hydrogen-bond donors (Lipinski definition) is 2. The van der Waals surface area contributed by atoms with E-state index in [2.05, 4.69) is 10.3 Å². The van der Waals surface area contributed by atoms with Crippen molar-refractivity contribution in [2.45, 2.75) is 18.6 Å². The summed E-state index contributed by atoms with van der Waals surface area (Å²) in [5, 5.41) is 11.2. The number of hydrogen-bond acceptors (Lipinski definition) is 6. The van der Waals surface area contributed by atoms with Crippen LogP contribution in [0.15, 0.2) is 17.1 Å². The molecule has 2 N–H and O–H groups in total. The van der Waals surface area contributed by atoms with Gasteiger partial charge in [-0.3, -0.25) is 9.36 Å². The van der Waals surface area contributed by atoms with E-state index in [4.69, 9.17) is 9.84 Å². The molecule has 0 saturated carbocycles. The van der Waals surface area contributed by atoms with Gasteiger partial charge in [0.2, 0.25) is 11.3 Å². The topological polar surface area (TPSA) is 111 Å². The molecule has 2 rings (SSSR count). The average molecular weight is 285 g/mol. The van der Waals surface area contributed by atoms with Gasteiger partial charge in [-0.1, -0.05) is 0 Å². The summed E-state index contributed by atoms with van der Waals surface area (Å²) in [6.07, 6.45) is 0.744. The normalized spacial score (nSPS) is 22.2. The van der Waals surface area contributed by atoms with Crippen molar-refractivity contribution < 1.29 is 19.4 Å². The summed E-state index contributed by atoms with van der Waals surface area (Å²) < 4.78 is 6.41. The molecule has 1 aromatic heterocycles. The van der Waals surface area contributed by atoms with Crippen LogP contribution in [0.4, 0.5) is 5.82 Å². The first kappa shape index (κ1) is 13.6. The van der Waals surface area contributed by atoms with Gasteiger partial charge in [-0.25, -0.2) is 9.59 Å². The molecule has 0 aromatic carbocycles. The molecule has 1 saturated heterocycles. The Morgan fingerprint density at radius 2 is 2.37 bits per heavy atom. The van der Waals surface area contributed by atoms with Gasteiger partial charge in [0.15, 0.2) is 0 Å². The van der Waals surface area contributed by atoms with Crippen molar-refractivity contribution in [1.82, 2.24) is 9.55 Å². The maximum absolute atomic E-state index is 11.7. The van der Waals surface area contributed by atoms with Gasteiger partial charge in [0.25, 0.3) is 0 Å². The van der Waals surface area contributed by atoms with Gasteiger partial charge < -0.3 is 15.2 Å². The lowest BCUT2D eigenvalue weighted by molar-refractivity contribution is -0.147. The molecule has 0 spiro atoms. The number of nitrogens with zero attached hydrogens (tertiary/aromatic N) is 2. The molecular weight excluding hydrogens is 274 g/mol. The Balaban J connectivity index is 2.16. The molecular formula is C10H11N3O5S. The van der Waals surface area contributed by atoms with Crippen LogP contribution in [0.25, 0.3) is 0 Å². The Labute approximate surface area is 111 Å². The number of carbonyl (C=O) groups is 2. The molecule has 0 bridgehead atoms. The molecule has 9 heteroatoms. The number of carbonyl (C=O) groups excluding carboxylic acids is 1. The van der Waals surface area contributed by atoms with E-state index < -0.39 is 23.3 Å². The van der Waals surface area contributed by atoms with Gasteiger partial charge in [0.1, 0.15) is 12.0 Å². The number of nitrogens with one attached hydrogen (secondary N) is 1. The lowest BCUT2D eigenvalue weighted by Crippen LogP contribution is -2.29. The molecule has 1 amide bonds. The van der Waals surface area contributed by atoms with Gasteiger partial charge in [0.05, 0.1) is 0 Å². The van der Waals surface area contributed by atoms with Crippen LogP contribution in [-0.4, -0.2) is 37.7 Å². The Bertz CT molecular complexity index is 573. The van der Waals surface area contributed by atoms with Crippen LogP contribution in [0.1, 0.15) is 13.2 Å². The maximum Gasteiger partial charge on any atom is 0.351 e. The molecule has 19 heavy (non-hydrogen) atoms. The largest absolute Gasteiger partial charge is 0.479 e. The Hall–Kier alpha value is -1.87. The van der Waals surface area contributed by atoms with Crippen LogP contribution in [0, 0.1) is 0 Å². The number of ether oxygens (including phenoxy) is 1. The monoisotopic (exact) mass is 285 g/mol. The first-order valence-electron chi connectivity index (χ1n) is 5.34. The van der Waals surface area contributed by atoms with Crippen molar-refractivity contribution in [2.75, 3.05) is 11.1 Å². The zero-order valence-electron chi connectivity index (χ0n) is 9.90. The molecule has 2 atom stereocenters. The van der Waals surface area contributed by atoms with Gasteiger partial charge in [-0.15, -0.1) is 11.8 Å². The van der Waals surface area contributed by atoms with E-state index in [0.29, 0.717) is 5.75 Å². The Morgan fingerprint density at radius 3 is 2.89 bits per heavy atom. The number of aliphatic carboxylic acids is 1. The van der Waals surface area contributed by atoms with Crippen LogP contribution < -0.4 is 11.0 Å². The van der Waals surface area contributed by atoms with Crippen molar-refractivity contribution in [3.8, 4) is 0 Å². The van der Waals surface area contributed by atoms with Crippen molar-refractivity contribution in [3.05, 3.63) is 22.7 Å². The second-order valence-electron chi connectivity index (χ2n) is 3.78. The highest BCUT2D eigenvalue weighted by Gasteiger charge is 2.32. The number of amides is 1. The molecule has 2 heterocycles.